The van der Waals surface area contributed by atoms with Crippen LogP contribution in [-0.4, -0.2) is 89.2 Å². The fourth-order valence-electron chi connectivity index (χ4n) is 8.73. The van der Waals surface area contributed by atoms with Crippen LogP contribution in [0.5, 0.6) is 0 Å². The summed E-state index contributed by atoms with van der Waals surface area (Å²) >= 11 is 0. The van der Waals surface area contributed by atoms with E-state index in [0.717, 1.165) is 161 Å². The number of unbranched alkanes of at least 4 members (excludes halogenated alkanes) is 18. The monoisotopic (exact) mass is 1130 g/mol. The third-order valence-electron chi connectivity index (χ3n) is 13.5. The quantitative estimate of drug-likeness (QED) is 0.0228. The number of ether oxygens (including phenoxy) is 5. The minimum absolute atomic E-state index is 0.0337. The van der Waals surface area contributed by atoms with Gasteiger partial charge in [-0.05, 0) is 128 Å². The maximum absolute atomic E-state index is 13.2. The predicted molar refractivity (Wildman–Crippen MR) is 330 cm³/mol. The molecule has 1 aliphatic rings. The Bertz CT molecular complexity index is 1870. The van der Waals surface area contributed by atoms with Gasteiger partial charge in [-0.25, -0.2) is 4.79 Å². The topological polar surface area (TPSA) is 175 Å². The molecule has 6 unspecified atom stereocenters. The van der Waals surface area contributed by atoms with Crippen molar-refractivity contribution >= 4 is 23.9 Å². The zero-order chi connectivity index (χ0) is 58.9. The lowest BCUT2D eigenvalue weighted by Gasteiger charge is -2.40. The highest BCUT2D eigenvalue weighted by atomic mass is 16.7. The largest absolute Gasteiger partial charge is 0.479 e. The minimum Gasteiger partial charge on any atom is -0.479 e. The number of aliphatic carboxylic acids is 1. The Kier molecular flexibility index (Phi) is 50.9. The van der Waals surface area contributed by atoms with Crippen molar-refractivity contribution in [3.63, 3.8) is 0 Å². The Morgan fingerprint density at radius 2 is 0.778 bits per heavy atom. The first-order valence-corrected chi connectivity index (χ1v) is 31.5. The molecule has 0 spiro atoms. The van der Waals surface area contributed by atoms with Crippen LogP contribution < -0.4 is 0 Å². The first-order valence-electron chi connectivity index (χ1n) is 31.5. The molecule has 0 aromatic heterocycles. The number of carbonyl (C=O) groups is 4. The summed E-state index contributed by atoms with van der Waals surface area (Å²) < 4.78 is 28.5. The molecule has 458 valence electrons. The molecule has 81 heavy (non-hydrogen) atoms. The van der Waals surface area contributed by atoms with Crippen LogP contribution in [0.15, 0.2) is 122 Å². The number of allylic oxidation sites excluding steroid dienone is 20. The first-order chi connectivity index (χ1) is 39.6. The lowest BCUT2D eigenvalue weighted by Crippen LogP contribution is -2.61. The van der Waals surface area contributed by atoms with E-state index in [1.807, 2.05) is 0 Å². The number of rotatable bonds is 52. The smallest absolute Gasteiger partial charge is 0.335 e. The molecule has 1 saturated heterocycles. The Labute approximate surface area is 490 Å². The third kappa shape index (κ3) is 45.3. The van der Waals surface area contributed by atoms with Gasteiger partial charge >= 0.3 is 23.9 Å². The number of carboxylic acid groups (broad SMARTS) is 1. The van der Waals surface area contributed by atoms with E-state index >= 15 is 0 Å². The van der Waals surface area contributed by atoms with Crippen LogP contribution in [0.25, 0.3) is 0 Å². The Balaban J connectivity index is 2.71. The highest BCUT2D eigenvalue weighted by Gasteiger charge is 2.50. The maximum atomic E-state index is 13.2. The number of carboxylic acids is 1. The molecular weight excluding hydrogens is 1020 g/mol. The molecule has 12 heteroatoms. The number of hydrogen-bond donors (Lipinski definition) is 3. The normalized spacial score (nSPS) is 18.6. The second-order valence-electron chi connectivity index (χ2n) is 20.9. The first kappa shape index (κ1) is 74.1. The number of aliphatic hydroxyl groups is 2. The Hall–Kier alpha value is -4.88. The van der Waals surface area contributed by atoms with Crippen molar-refractivity contribution in [2.45, 2.75) is 276 Å². The lowest BCUT2D eigenvalue weighted by molar-refractivity contribution is -0.301. The number of aliphatic hydroxyl groups excluding tert-OH is 2. The molecule has 0 aromatic rings. The van der Waals surface area contributed by atoms with Crippen molar-refractivity contribution in [1.29, 1.82) is 0 Å². The van der Waals surface area contributed by atoms with E-state index in [-0.39, 0.29) is 25.9 Å². The summed E-state index contributed by atoms with van der Waals surface area (Å²) in [5.74, 6) is -3.20. The summed E-state index contributed by atoms with van der Waals surface area (Å²) in [4.78, 5) is 51.3. The number of carbonyl (C=O) groups excluding carboxylic acids is 3. The average Bonchev–Trinajstić information content (AvgIpc) is 3.54. The molecule has 0 saturated carbocycles. The molecule has 1 aliphatic heterocycles. The van der Waals surface area contributed by atoms with Gasteiger partial charge in [0, 0.05) is 19.3 Å². The van der Waals surface area contributed by atoms with Crippen molar-refractivity contribution in [2.24, 2.45) is 0 Å². The van der Waals surface area contributed by atoms with Gasteiger partial charge in [-0.1, -0.05) is 213 Å². The fraction of sp³-hybridized carbons (Fsp3) is 0.652. The maximum Gasteiger partial charge on any atom is 0.335 e. The second-order valence-corrected chi connectivity index (χ2v) is 20.9. The molecule has 0 radical (unpaired) electrons. The van der Waals surface area contributed by atoms with E-state index in [4.69, 9.17) is 23.7 Å². The van der Waals surface area contributed by atoms with E-state index in [9.17, 15) is 34.5 Å². The highest BCUT2D eigenvalue weighted by molar-refractivity contribution is 5.74. The highest BCUT2D eigenvalue weighted by Crippen LogP contribution is 2.26. The van der Waals surface area contributed by atoms with Crippen molar-refractivity contribution in [3.05, 3.63) is 122 Å². The van der Waals surface area contributed by atoms with Crippen molar-refractivity contribution in [3.8, 4) is 0 Å². The van der Waals surface area contributed by atoms with Gasteiger partial charge in [0.1, 0.15) is 18.8 Å². The second kappa shape index (κ2) is 55.6. The third-order valence-corrected chi connectivity index (χ3v) is 13.5. The summed E-state index contributed by atoms with van der Waals surface area (Å²) in [6.07, 6.45) is 64.3. The van der Waals surface area contributed by atoms with Gasteiger partial charge in [0.05, 0.1) is 6.61 Å². The fourth-order valence-corrected chi connectivity index (χ4v) is 8.73. The molecule has 0 bridgehead atoms. The lowest BCUT2D eigenvalue weighted by atomic mass is 9.98. The number of esters is 3. The van der Waals surface area contributed by atoms with Crippen molar-refractivity contribution in [2.75, 3.05) is 13.2 Å². The van der Waals surface area contributed by atoms with Gasteiger partial charge < -0.3 is 39.0 Å². The van der Waals surface area contributed by atoms with Gasteiger partial charge in [0.25, 0.3) is 0 Å². The summed E-state index contributed by atoms with van der Waals surface area (Å²) in [6.45, 7) is 5.71. The van der Waals surface area contributed by atoms with Crippen LogP contribution in [0.3, 0.4) is 0 Å². The van der Waals surface area contributed by atoms with Crippen LogP contribution in [-0.2, 0) is 42.9 Å². The molecule has 0 aromatic carbocycles. The molecule has 12 nitrogen and oxygen atoms in total. The van der Waals surface area contributed by atoms with Gasteiger partial charge in [-0.3, -0.25) is 14.4 Å². The predicted octanol–water partition coefficient (Wildman–Crippen LogP) is 16.8. The zero-order valence-corrected chi connectivity index (χ0v) is 50.5. The summed E-state index contributed by atoms with van der Waals surface area (Å²) in [7, 11) is 0. The molecule has 0 amide bonds. The molecular formula is C69H110O12. The summed E-state index contributed by atoms with van der Waals surface area (Å²) in [5, 5.41) is 31.6. The summed E-state index contributed by atoms with van der Waals surface area (Å²) in [6, 6.07) is 0. The van der Waals surface area contributed by atoms with Crippen LogP contribution in [0.1, 0.15) is 239 Å². The summed E-state index contributed by atoms with van der Waals surface area (Å²) in [5.41, 5.74) is 0. The van der Waals surface area contributed by atoms with Crippen LogP contribution in [0, 0.1) is 0 Å². The van der Waals surface area contributed by atoms with Gasteiger partial charge in [-0.15, -0.1) is 0 Å². The van der Waals surface area contributed by atoms with E-state index < -0.39 is 67.3 Å². The molecule has 3 N–H and O–H groups in total. The van der Waals surface area contributed by atoms with E-state index in [1.165, 1.54) is 19.3 Å². The number of hydrogen-bond acceptors (Lipinski definition) is 11. The minimum atomic E-state index is -1.92. The van der Waals surface area contributed by atoms with Crippen LogP contribution in [0.4, 0.5) is 0 Å². The molecule has 1 rings (SSSR count). The SMILES string of the molecule is CC/C=C\C/C=C\C/C=C\C/C=C\CCCCCCCCC(=O)OC1C(OCC(COC(=O)CCCCCC/C=C\C/C=C\C/C=C\C/C=C\CC)OC(=O)CCCCCCC/C=C\C/C=C\CCCCC)OC(C(=O)O)C(O)C1O. The molecule has 1 heterocycles. The van der Waals surface area contributed by atoms with E-state index in [1.54, 1.807) is 0 Å². The van der Waals surface area contributed by atoms with Crippen molar-refractivity contribution in [1.82, 2.24) is 0 Å². The van der Waals surface area contributed by atoms with Gasteiger partial charge in [0.15, 0.2) is 24.6 Å². The van der Waals surface area contributed by atoms with Gasteiger partial charge in [0.2, 0.25) is 0 Å². The van der Waals surface area contributed by atoms with E-state index in [0.29, 0.717) is 19.3 Å². The Morgan fingerprint density at radius 3 is 1.19 bits per heavy atom. The van der Waals surface area contributed by atoms with Crippen molar-refractivity contribution < 1.29 is 58.2 Å². The molecule has 6 atom stereocenters. The van der Waals surface area contributed by atoms with Crippen LogP contribution in [0.2, 0.25) is 0 Å². The zero-order valence-electron chi connectivity index (χ0n) is 50.5. The molecule has 1 fully saturated rings. The molecule has 0 aliphatic carbocycles. The van der Waals surface area contributed by atoms with Gasteiger partial charge in [-0.2, -0.15) is 0 Å². The van der Waals surface area contributed by atoms with Crippen LogP contribution >= 0.6 is 0 Å². The average molecular weight is 1130 g/mol. The van der Waals surface area contributed by atoms with E-state index in [2.05, 4.69) is 142 Å². The standard InChI is InChI=1S/C69H110O12/c1-4-7-10-13-16-19-22-25-28-30-31-33-36-39-42-45-48-51-54-57-63(72)80-67-65(74)64(73)66(68(75)76)81-69(67)78-59-60(79-62(71)56-53-50-47-44-41-38-34-27-24-21-18-15-12-9-6-3)58-77-61(70)55-52-49-46-43-40-37-35-32-29-26-23-20-17-14-11-8-5-2/h7-8,10-11,16-21,25-29,31,33-35,37,60,64-67,69,73-74H,4-6,9,12-15,22-24,30,32,36,38-59H2,1-3H3,(H,75,76)/b10-7-,11-8-,19-16-,20-17-,21-18-,28-25-,29-26-,33-31-,34-27-,37-35-. The Morgan fingerprint density at radius 1 is 0.420 bits per heavy atom.